The van der Waals surface area contributed by atoms with Crippen LogP contribution in [0.25, 0.3) is 22.0 Å². The Morgan fingerprint density at radius 2 is 1.84 bits per heavy atom. The number of aromatic nitrogens is 4. The molecule has 1 atom stereocenters. The van der Waals surface area contributed by atoms with E-state index in [4.69, 9.17) is 15.5 Å². The van der Waals surface area contributed by atoms with Crippen LogP contribution in [0.4, 0.5) is 5.95 Å². The summed E-state index contributed by atoms with van der Waals surface area (Å²) in [4.78, 5) is 31.5. The van der Waals surface area contributed by atoms with E-state index < -0.39 is 6.04 Å². The normalized spacial score (nSPS) is 11.8. The molecular formula is C29H28N6O2. The van der Waals surface area contributed by atoms with Crippen molar-refractivity contribution in [3.8, 4) is 17.0 Å². The number of benzene rings is 3. The van der Waals surface area contributed by atoms with Gasteiger partial charge in [-0.25, -0.2) is 15.0 Å². The van der Waals surface area contributed by atoms with Crippen molar-refractivity contribution in [1.82, 2.24) is 19.9 Å². The van der Waals surface area contributed by atoms with Crippen molar-refractivity contribution in [2.24, 2.45) is 5.73 Å². The summed E-state index contributed by atoms with van der Waals surface area (Å²) >= 11 is 0. The standard InChI is InChI=1S/C29H28N6O2/c1-37-25-10-6-20(7-11-25)13-15-35(28(36)26(30)17-24-18-31-19-33-24)29-32-14-12-27(34-29)23-9-8-21-4-2-3-5-22(21)16-23/h2-12,14,16,18-19,26H,13,15,17,30H2,1H3,(H,31,33)/t26-/m0/s1. The van der Waals surface area contributed by atoms with E-state index in [0.29, 0.717) is 25.3 Å². The molecule has 0 bridgehead atoms. The summed E-state index contributed by atoms with van der Waals surface area (Å²) < 4.78 is 5.26. The summed E-state index contributed by atoms with van der Waals surface area (Å²) in [6.45, 7) is 0.376. The molecule has 8 heteroatoms. The molecule has 0 unspecified atom stereocenters. The zero-order valence-electron chi connectivity index (χ0n) is 20.5. The fourth-order valence-electron chi connectivity index (χ4n) is 4.25. The first-order valence-electron chi connectivity index (χ1n) is 12.1. The molecule has 5 aromatic rings. The van der Waals surface area contributed by atoms with E-state index in [9.17, 15) is 4.79 Å². The van der Waals surface area contributed by atoms with Gasteiger partial charge in [-0.15, -0.1) is 0 Å². The van der Waals surface area contributed by atoms with Gasteiger partial charge in [0.25, 0.3) is 0 Å². The number of anilines is 1. The first-order chi connectivity index (χ1) is 18.1. The fraction of sp³-hybridized carbons (Fsp3) is 0.172. The zero-order valence-corrected chi connectivity index (χ0v) is 20.5. The number of hydrogen-bond donors (Lipinski definition) is 2. The summed E-state index contributed by atoms with van der Waals surface area (Å²) in [5, 5.41) is 2.27. The second-order valence-electron chi connectivity index (χ2n) is 8.76. The Balaban J connectivity index is 1.44. The Labute approximate surface area is 215 Å². The predicted octanol–water partition coefficient (Wildman–Crippen LogP) is 4.17. The smallest absolute Gasteiger partial charge is 0.246 e. The molecular weight excluding hydrogens is 464 g/mol. The second-order valence-corrected chi connectivity index (χ2v) is 8.76. The number of fused-ring (bicyclic) bond motifs is 1. The molecule has 0 aliphatic rings. The van der Waals surface area contributed by atoms with Crippen molar-refractivity contribution < 1.29 is 9.53 Å². The third-order valence-corrected chi connectivity index (χ3v) is 6.28. The molecule has 0 saturated heterocycles. The van der Waals surface area contributed by atoms with Gasteiger partial charge < -0.3 is 15.5 Å². The summed E-state index contributed by atoms with van der Waals surface area (Å²) in [5.74, 6) is 0.845. The van der Waals surface area contributed by atoms with Crippen LogP contribution in [0.5, 0.6) is 5.75 Å². The number of carbonyl (C=O) groups excluding carboxylic acids is 1. The largest absolute Gasteiger partial charge is 0.497 e. The number of methoxy groups -OCH3 is 1. The maximum absolute atomic E-state index is 13.6. The Morgan fingerprint density at radius 1 is 1.03 bits per heavy atom. The summed E-state index contributed by atoms with van der Waals surface area (Å²) in [6.07, 6.45) is 5.91. The molecule has 1 amide bonds. The van der Waals surface area contributed by atoms with E-state index in [2.05, 4.69) is 39.2 Å². The number of ether oxygens (including phenoxy) is 1. The number of carbonyl (C=O) groups is 1. The third-order valence-electron chi connectivity index (χ3n) is 6.28. The lowest BCUT2D eigenvalue weighted by molar-refractivity contribution is -0.119. The van der Waals surface area contributed by atoms with Gasteiger partial charge in [0.05, 0.1) is 30.9 Å². The number of rotatable bonds is 9. The van der Waals surface area contributed by atoms with Crippen molar-refractivity contribution in [3.63, 3.8) is 0 Å². The first kappa shape index (κ1) is 24.1. The molecule has 5 rings (SSSR count). The van der Waals surface area contributed by atoms with Crippen LogP contribution in [-0.4, -0.2) is 45.5 Å². The van der Waals surface area contributed by atoms with Crippen LogP contribution in [0.2, 0.25) is 0 Å². The monoisotopic (exact) mass is 492 g/mol. The number of nitrogens with zero attached hydrogens (tertiary/aromatic N) is 4. The van der Waals surface area contributed by atoms with Gasteiger partial charge in [0, 0.05) is 30.9 Å². The minimum Gasteiger partial charge on any atom is -0.497 e. The molecule has 0 fully saturated rings. The van der Waals surface area contributed by atoms with Crippen LogP contribution >= 0.6 is 0 Å². The molecule has 37 heavy (non-hydrogen) atoms. The Kier molecular flexibility index (Phi) is 7.19. The van der Waals surface area contributed by atoms with Gasteiger partial charge >= 0.3 is 0 Å². The van der Waals surface area contributed by atoms with Gasteiger partial charge in [-0.2, -0.15) is 0 Å². The molecule has 0 aliphatic carbocycles. The van der Waals surface area contributed by atoms with E-state index in [0.717, 1.165) is 39.0 Å². The first-order valence-corrected chi connectivity index (χ1v) is 12.1. The Bertz CT molecular complexity index is 1480. The van der Waals surface area contributed by atoms with E-state index >= 15 is 0 Å². The molecule has 3 N–H and O–H groups in total. The Morgan fingerprint density at radius 3 is 2.59 bits per heavy atom. The van der Waals surface area contributed by atoms with E-state index in [-0.39, 0.29) is 5.91 Å². The highest BCUT2D eigenvalue weighted by molar-refractivity contribution is 5.96. The van der Waals surface area contributed by atoms with Crippen LogP contribution in [0.1, 0.15) is 11.3 Å². The molecule has 2 aromatic heterocycles. The molecule has 8 nitrogen and oxygen atoms in total. The van der Waals surface area contributed by atoms with Crippen LogP contribution in [-0.2, 0) is 17.6 Å². The number of H-pyrrole nitrogens is 1. The lowest BCUT2D eigenvalue weighted by Gasteiger charge is -2.24. The maximum atomic E-state index is 13.6. The fourth-order valence-corrected chi connectivity index (χ4v) is 4.25. The minimum atomic E-state index is -0.785. The number of aromatic amines is 1. The van der Waals surface area contributed by atoms with Crippen molar-refractivity contribution in [2.45, 2.75) is 18.9 Å². The zero-order chi connectivity index (χ0) is 25.6. The molecule has 3 aromatic carbocycles. The molecule has 0 saturated carbocycles. The van der Waals surface area contributed by atoms with Crippen LogP contribution in [0, 0.1) is 0 Å². The predicted molar refractivity (Wildman–Crippen MR) is 144 cm³/mol. The summed E-state index contributed by atoms with van der Waals surface area (Å²) in [6, 6.07) is 23.2. The van der Waals surface area contributed by atoms with Crippen LogP contribution in [0.15, 0.2) is 91.5 Å². The minimum absolute atomic E-state index is 0.257. The van der Waals surface area contributed by atoms with E-state index in [1.54, 1.807) is 30.7 Å². The second kappa shape index (κ2) is 11.0. The number of nitrogens with one attached hydrogen (secondary N) is 1. The van der Waals surface area contributed by atoms with Crippen LogP contribution in [0.3, 0.4) is 0 Å². The van der Waals surface area contributed by atoms with Gasteiger partial charge in [-0.3, -0.25) is 9.69 Å². The Hall–Kier alpha value is -4.56. The van der Waals surface area contributed by atoms with E-state index in [1.807, 2.05) is 48.5 Å². The van der Waals surface area contributed by atoms with Gasteiger partial charge in [-0.1, -0.05) is 48.5 Å². The average molecular weight is 493 g/mol. The summed E-state index contributed by atoms with van der Waals surface area (Å²) in [7, 11) is 1.63. The van der Waals surface area contributed by atoms with Gasteiger partial charge in [-0.05, 0) is 47.0 Å². The SMILES string of the molecule is COc1ccc(CCN(C(=O)[C@@H](N)Cc2c[nH]cn2)c2nccc(-c3ccc4ccccc4c3)n2)cc1. The van der Waals surface area contributed by atoms with Crippen molar-refractivity contribution in [3.05, 3.63) is 103 Å². The highest BCUT2D eigenvalue weighted by Crippen LogP contribution is 2.24. The average Bonchev–Trinajstić information content (AvgIpc) is 3.46. The molecule has 0 radical (unpaired) electrons. The van der Waals surface area contributed by atoms with Crippen molar-refractivity contribution in [2.75, 3.05) is 18.6 Å². The van der Waals surface area contributed by atoms with E-state index in [1.165, 1.54) is 0 Å². The lowest BCUT2D eigenvalue weighted by atomic mass is 10.1. The highest BCUT2D eigenvalue weighted by Gasteiger charge is 2.25. The molecule has 0 spiro atoms. The van der Waals surface area contributed by atoms with Gasteiger partial charge in [0.2, 0.25) is 11.9 Å². The van der Waals surface area contributed by atoms with Gasteiger partial charge in [0.1, 0.15) is 5.75 Å². The highest BCUT2D eigenvalue weighted by atomic mass is 16.5. The maximum Gasteiger partial charge on any atom is 0.246 e. The quantitative estimate of drug-likeness (QED) is 0.320. The van der Waals surface area contributed by atoms with Crippen molar-refractivity contribution >= 4 is 22.6 Å². The molecule has 186 valence electrons. The third kappa shape index (κ3) is 5.65. The summed E-state index contributed by atoms with van der Waals surface area (Å²) in [5.41, 5.74) is 9.82. The number of amides is 1. The van der Waals surface area contributed by atoms with Crippen LogP contribution < -0.4 is 15.4 Å². The number of hydrogen-bond acceptors (Lipinski definition) is 6. The number of nitrogens with two attached hydrogens (primary N) is 1. The number of imidazole rings is 1. The van der Waals surface area contributed by atoms with Gasteiger partial charge in [0.15, 0.2) is 0 Å². The van der Waals surface area contributed by atoms with Crippen molar-refractivity contribution in [1.29, 1.82) is 0 Å². The lowest BCUT2D eigenvalue weighted by Crippen LogP contribution is -2.46. The molecule has 2 heterocycles. The topological polar surface area (TPSA) is 110 Å². The molecule has 0 aliphatic heterocycles.